The van der Waals surface area contributed by atoms with E-state index in [0.29, 0.717) is 6.42 Å². The lowest BCUT2D eigenvalue weighted by atomic mass is 10.3. The molecule has 1 aromatic rings. The first kappa shape index (κ1) is 15.1. The monoisotopic (exact) mass is 293 g/mol. The number of rotatable bonds is 6. The molecule has 0 aromatic carbocycles. The zero-order chi connectivity index (χ0) is 13.8. The Morgan fingerprint density at radius 1 is 1.61 bits per heavy atom. The fraction of sp³-hybridized carbons (Fsp3) is 0.500. The Morgan fingerprint density at radius 2 is 2.28 bits per heavy atom. The van der Waals surface area contributed by atoms with E-state index in [9.17, 15) is 13.2 Å². The quantitative estimate of drug-likeness (QED) is 0.749. The smallest absolute Gasteiger partial charge is 0.349 e. The second-order valence-corrected chi connectivity index (χ2v) is 6.24. The van der Waals surface area contributed by atoms with Gasteiger partial charge in [0, 0.05) is 12.6 Å². The molecule has 1 unspecified atom stereocenters. The highest BCUT2D eigenvalue weighted by Gasteiger charge is 2.25. The Hall–Kier alpha value is -0.960. The van der Waals surface area contributed by atoms with Crippen LogP contribution in [-0.4, -0.2) is 39.3 Å². The molecule has 1 rings (SSSR count). The molecule has 0 saturated heterocycles. The molecule has 0 spiro atoms. The van der Waals surface area contributed by atoms with E-state index in [4.69, 9.17) is 5.11 Å². The summed E-state index contributed by atoms with van der Waals surface area (Å²) in [4.78, 5) is 11.4. The van der Waals surface area contributed by atoms with Crippen LogP contribution in [0.3, 0.4) is 0 Å². The molecule has 0 bridgehead atoms. The minimum Gasteiger partial charge on any atom is -0.465 e. The number of carbonyl (C=O) groups is 1. The van der Waals surface area contributed by atoms with Gasteiger partial charge in [-0.1, -0.05) is 0 Å². The number of carbonyl (C=O) groups excluding carboxylic acids is 1. The molecule has 0 aliphatic heterocycles. The lowest BCUT2D eigenvalue weighted by Crippen LogP contribution is -2.33. The number of thiophene rings is 1. The van der Waals surface area contributed by atoms with Gasteiger partial charge in [0.25, 0.3) is 0 Å². The largest absolute Gasteiger partial charge is 0.465 e. The van der Waals surface area contributed by atoms with Gasteiger partial charge >= 0.3 is 5.97 Å². The molecular formula is C10H15NO5S2. The van der Waals surface area contributed by atoms with Crippen molar-refractivity contribution in [2.24, 2.45) is 0 Å². The van der Waals surface area contributed by atoms with Crippen molar-refractivity contribution in [3.63, 3.8) is 0 Å². The molecule has 0 radical (unpaired) electrons. The molecule has 0 aliphatic carbocycles. The van der Waals surface area contributed by atoms with Crippen LogP contribution in [0.15, 0.2) is 16.3 Å². The van der Waals surface area contributed by atoms with E-state index >= 15 is 0 Å². The van der Waals surface area contributed by atoms with Crippen molar-refractivity contribution < 1.29 is 23.1 Å². The summed E-state index contributed by atoms with van der Waals surface area (Å²) in [6.07, 6.45) is 0.303. The molecule has 2 N–H and O–H groups in total. The van der Waals surface area contributed by atoms with Gasteiger partial charge in [-0.3, -0.25) is 0 Å². The fourth-order valence-electron chi connectivity index (χ4n) is 1.33. The van der Waals surface area contributed by atoms with Crippen LogP contribution < -0.4 is 4.72 Å². The third-order valence-corrected chi connectivity index (χ3v) is 4.86. The molecule has 1 heterocycles. The van der Waals surface area contributed by atoms with Crippen molar-refractivity contribution in [1.82, 2.24) is 4.72 Å². The van der Waals surface area contributed by atoms with E-state index in [1.807, 2.05) is 0 Å². The molecule has 0 aliphatic rings. The lowest BCUT2D eigenvalue weighted by Gasteiger charge is -2.12. The predicted molar refractivity (Wildman–Crippen MR) is 67.1 cm³/mol. The predicted octanol–water partition coefficient (Wildman–Crippen LogP) is 0.584. The van der Waals surface area contributed by atoms with E-state index in [-0.39, 0.29) is 16.4 Å². The van der Waals surface area contributed by atoms with E-state index in [1.165, 1.54) is 18.6 Å². The Morgan fingerprint density at radius 3 is 2.83 bits per heavy atom. The maximum absolute atomic E-state index is 12.0. The van der Waals surface area contributed by atoms with E-state index in [2.05, 4.69) is 9.46 Å². The summed E-state index contributed by atoms with van der Waals surface area (Å²) in [7, 11) is -2.58. The van der Waals surface area contributed by atoms with Crippen LogP contribution in [-0.2, 0) is 14.8 Å². The molecule has 8 heteroatoms. The average Bonchev–Trinajstić information content (AvgIpc) is 2.77. The van der Waals surface area contributed by atoms with Gasteiger partial charge in [-0.2, -0.15) is 0 Å². The second-order valence-electron chi connectivity index (χ2n) is 3.64. The lowest BCUT2D eigenvalue weighted by molar-refractivity contribution is 0.0602. The SMILES string of the molecule is COC(=O)c1sccc1S(=O)(=O)NC(C)CCO. The average molecular weight is 293 g/mol. The van der Waals surface area contributed by atoms with Crippen molar-refractivity contribution in [3.05, 3.63) is 16.3 Å². The molecular weight excluding hydrogens is 278 g/mol. The highest BCUT2D eigenvalue weighted by molar-refractivity contribution is 7.89. The van der Waals surface area contributed by atoms with Crippen molar-refractivity contribution in [2.45, 2.75) is 24.3 Å². The number of nitrogens with one attached hydrogen (secondary N) is 1. The molecule has 0 saturated carbocycles. The zero-order valence-electron chi connectivity index (χ0n) is 10.0. The third kappa shape index (κ3) is 3.52. The van der Waals surface area contributed by atoms with Crippen molar-refractivity contribution in [1.29, 1.82) is 0 Å². The van der Waals surface area contributed by atoms with Crippen LogP contribution in [0.2, 0.25) is 0 Å². The van der Waals surface area contributed by atoms with Crippen LogP contribution in [0.5, 0.6) is 0 Å². The van der Waals surface area contributed by atoms with Crippen LogP contribution in [0.1, 0.15) is 23.0 Å². The summed E-state index contributed by atoms with van der Waals surface area (Å²) < 4.78 is 31.0. The number of methoxy groups -OCH3 is 1. The molecule has 102 valence electrons. The number of ether oxygens (including phenoxy) is 1. The number of hydrogen-bond donors (Lipinski definition) is 2. The summed E-state index contributed by atoms with van der Waals surface area (Å²) in [6, 6.07) is 0.940. The summed E-state index contributed by atoms with van der Waals surface area (Å²) in [5.74, 6) is -0.680. The minimum absolute atomic E-state index is 0.0428. The van der Waals surface area contributed by atoms with Crippen LogP contribution in [0, 0.1) is 0 Å². The molecule has 6 nitrogen and oxygen atoms in total. The van der Waals surface area contributed by atoms with Crippen molar-refractivity contribution in [2.75, 3.05) is 13.7 Å². The van der Waals surface area contributed by atoms with Gasteiger partial charge in [0.1, 0.15) is 9.77 Å². The van der Waals surface area contributed by atoms with Gasteiger partial charge < -0.3 is 9.84 Å². The molecule has 1 aromatic heterocycles. The number of esters is 1. The van der Waals surface area contributed by atoms with E-state index in [0.717, 1.165) is 11.3 Å². The normalized spacial score (nSPS) is 13.3. The van der Waals surface area contributed by atoms with Gasteiger partial charge in [0.15, 0.2) is 0 Å². The molecule has 18 heavy (non-hydrogen) atoms. The maximum atomic E-state index is 12.0. The number of sulfonamides is 1. The summed E-state index contributed by atoms with van der Waals surface area (Å²) in [6.45, 7) is 1.52. The summed E-state index contributed by atoms with van der Waals surface area (Å²) in [5.41, 5.74) is 0. The van der Waals surface area contributed by atoms with Crippen LogP contribution in [0.4, 0.5) is 0 Å². The molecule has 0 amide bonds. The Labute approximate surface area is 110 Å². The number of aliphatic hydroxyl groups excluding tert-OH is 1. The standard InChI is InChI=1S/C10H15NO5S2/c1-7(3-5-12)11-18(14,15)8-4-6-17-9(8)10(13)16-2/h4,6-7,11-12H,3,5H2,1-2H3. The highest BCUT2D eigenvalue weighted by Crippen LogP contribution is 2.22. The summed E-state index contributed by atoms with van der Waals surface area (Å²) in [5, 5.41) is 10.2. The van der Waals surface area contributed by atoms with Crippen LogP contribution in [0.25, 0.3) is 0 Å². The van der Waals surface area contributed by atoms with Gasteiger partial charge in [0.2, 0.25) is 10.0 Å². The van der Waals surface area contributed by atoms with Crippen LogP contribution >= 0.6 is 11.3 Å². The topological polar surface area (TPSA) is 92.7 Å². The number of hydrogen-bond acceptors (Lipinski definition) is 6. The van der Waals surface area contributed by atoms with Gasteiger partial charge in [-0.25, -0.2) is 17.9 Å². The van der Waals surface area contributed by atoms with Crippen molar-refractivity contribution >= 4 is 27.3 Å². The Bertz CT molecular complexity index is 508. The number of aliphatic hydroxyl groups is 1. The first-order valence-corrected chi connectivity index (χ1v) is 7.57. The molecule has 0 fully saturated rings. The first-order chi connectivity index (χ1) is 8.42. The van der Waals surface area contributed by atoms with Gasteiger partial charge in [-0.05, 0) is 24.8 Å². The van der Waals surface area contributed by atoms with E-state index in [1.54, 1.807) is 6.92 Å². The fourth-order valence-corrected chi connectivity index (χ4v) is 3.94. The summed E-state index contributed by atoms with van der Waals surface area (Å²) >= 11 is 1.01. The van der Waals surface area contributed by atoms with Gasteiger partial charge in [-0.15, -0.1) is 11.3 Å². The van der Waals surface area contributed by atoms with E-state index < -0.39 is 22.0 Å². The zero-order valence-corrected chi connectivity index (χ0v) is 11.7. The minimum atomic E-state index is -3.78. The first-order valence-electron chi connectivity index (χ1n) is 5.21. The second kappa shape index (κ2) is 6.28. The Balaban J connectivity index is 2.99. The molecule has 1 atom stereocenters. The maximum Gasteiger partial charge on any atom is 0.349 e. The van der Waals surface area contributed by atoms with Crippen molar-refractivity contribution in [3.8, 4) is 0 Å². The van der Waals surface area contributed by atoms with Gasteiger partial charge in [0.05, 0.1) is 7.11 Å². The highest BCUT2D eigenvalue weighted by atomic mass is 32.2. The third-order valence-electron chi connectivity index (χ3n) is 2.21. The Kier molecular flexibility index (Phi) is 5.27.